The third-order valence-electron chi connectivity index (χ3n) is 4.47. The molecule has 2 heterocycles. The number of primary amides is 1. The fraction of sp³-hybridized carbons (Fsp3) is 0.900. The van der Waals surface area contributed by atoms with Crippen molar-refractivity contribution >= 4 is 5.91 Å². The predicted molar refractivity (Wildman–Crippen MR) is 48.9 cm³/mol. The molecule has 13 heavy (non-hydrogen) atoms. The van der Waals surface area contributed by atoms with E-state index in [0.717, 1.165) is 25.4 Å². The van der Waals surface area contributed by atoms with Crippen LogP contribution in [-0.2, 0) is 4.79 Å². The summed E-state index contributed by atoms with van der Waals surface area (Å²) in [6.07, 6.45) is 4.73. The quantitative estimate of drug-likeness (QED) is 0.632. The predicted octanol–water partition coefficient (Wildman–Crippen LogP) is 0.346. The van der Waals surface area contributed by atoms with Crippen molar-refractivity contribution < 1.29 is 4.79 Å². The molecule has 3 rings (SSSR count). The number of carbonyl (C=O) groups is 1. The second-order valence-corrected chi connectivity index (χ2v) is 4.78. The molecule has 3 fully saturated rings. The van der Waals surface area contributed by atoms with E-state index in [1.54, 1.807) is 0 Å². The molecule has 0 spiro atoms. The third-order valence-corrected chi connectivity index (χ3v) is 4.47. The largest absolute Gasteiger partial charge is 0.368 e. The summed E-state index contributed by atoms with van der Waals surface area (Å²) >= 11 is 0. The van der Waals surface area contributed by atoms with Crippen molar-refractivity contribution in [1.82, 2.24) is 4.90 Å². The van der Waals surface area contributed by atoms with Crippen molar-refractivity contribution in [1.29, 1.82) is 0 Å². The normalized spacial score (nSPS) is 52.5. The Balaban J connectivity index is 2.04. The summed E-state index contributed by atoms with van der Waals surface area (Å²) in [5, 5.41) is 0. The molecule has 0 aromatic heterocycles. The lowest BCUT2D eigenvalue weighted by atomic mass is 9.78. The number of carbonyl (C=O) groups excluding carboxylic acids is 1. The van der Waals surface area contributed by atoms with Crippen LogP contribution in [0.25, 0.3) is 0 Å². The molecule has 4 atom stereocenters. The standard InChI is InChI=1S/C10H16N2O/c11-9(13)10-4-1-2-8(10)7-3-5-12(10)6-7/h7-8H,1-6H2,(H2,11,13). The first-order valence-corrected chi connectivity index (χ1v) is 5.30. The Kier molecular flexibility index (Phi) is 1.36. The van der Waals surface area contributed by atoms with Crippen molar-refractivity contribution in [2.45, 2.75) is 31.2 Å². The summed E-state index contributed by atoms with van der Waals surface area (Å²) in [7, 11) is 0. The van der Waals surface area contributed by atoms with E-state index in [1.807, 2.05) is 0 Å². The number of hydrogen-bond donors (Lipinski definition) is 1. The summed E-state index contributed by atoms with van der Waals surface area (Å²) in [5.41, 5.74) is 5.37. The maximum absolute atomic E-state index is 11.6. The SMILES string of the molecule is NC(=O)C12CCCC1C1CCN2C1. The van der Waals surface area contributed by atoms with E-state index in [-0.39, 0.29) is 11.4 Å². The van der Waals surface area contributed by atoms with Crippen molar-refractivity contribution in [3.05, 3.63) is 0 Å². The zero-order chi connectivity index (χ0) is 9.05. The molecule has 0 aromatic carbocycles. The van der Waals surface area contributed by atoms with Crippen LogP contribution in [-0.4, -0.2) is 29.4 Å². The van der Waals surface area contributed by atoms with Gasteiger partial charge in [-0.15, -0.1) is 0 Å². The van der Waals surface area contributed by atoms with Crippen LogP contribution in [0.2, 0.25) is 0 Å². The summed E-state index contributed by atoms with van der Waals surface area (Å²) < 4.78 is 0. The number of nitrogens with two attached hydrogens (primary N) is 1. The Bertz CT molecular complexity index is 266. The van der Waals surface area contributed by atoms with Crippen molar-refractivity contribution in [2.75, 3.05) is 13.1 Å². The molecule has 3 nitrogen and oxygen atoms in total. The molecular formula is C10H16N2O. The van der Waals surface area contributed by atoms with Gasteiger partial charge in [-0.05, 0) is 37.6 Å². The van der Waals surface area contributed by atoms with Gasteiger partial charge in [0.2, 0.25) is 5.91 Å². The molecule has 1 aliphatic carbocycles. The monoisotopic (exact) mass is 180 g/mol. The molecule has 3 aliphatic rings. The third kappa shape index (κ3) is 0.725. The topological polar surface area (TPSA) is 46.3 Å². The van der Waals surface area contributed by atoms with Gasteiger partial charge in [0.25, 0.3) is 0 Å². The second kappa shape index (κ2) is 2.27. The molecular weight excluding hydrogens is 164 g/mol. The van der Waals surface area contributed by atoms with Gasteiger partial charge in [0.1, 0.15) is 5.54 Å². The van der Waals surface area contributed by atoms with Gasteiger partial charge >= 0.3 is 0 Å². The Morgan fingerprint density at radius 3 is 3.00 bits per heavy atom. The highest BCUT2D eigenvalue weighted by Gasteiger charge is 2.61. The lowest BCUT2D eigenvalue weighted by Crippen LogP contribution is -2.56. The number of piperidine rings is 1. The molecule has 0 aromatic rings. The highest BCUT2D eigenvalue weighted by atomic mass is 16.1. The van der Waals surface area contributed by atoms with E-state index in [9.17, 15) is 4.79 Å². The lowest BCUT2D eigenvalue weighted by Gasteiger charge is -2.38. The summed E-state index contributed by atoms with van der Waals surface area (Å²) in [5.74, 6) is 1.31. The second-order valence-electron chi connectivity index (χ2n) is 4.78. The van der Waals surface area contributed by atoms with Crippen molar-refractivity contribution in [2.24, 2.45) is 17.6 Å². The van der Waals surface area contributed by atoms with Crippen LogP contribution >= 0.6 is 0 Å². The van der Waals surface area contributed by atoms with Crippen LogP contribution in [0, 0.1) is 11.8 Å². The van der Waals surface area contributed by atoms with Crippen molar-refractivity contribution in [3.8, 4) is 0 Å². The van der Waals surface area contributed by atoms with Crippen LogP contribution in [0.5, 0.6) is 0 Å². The Hall–Kier alpha value is -0.570. The number of amides is 1. The first-order valence-electron chi connectivity index (χ1n) is 5.30. The highest BCUT2D eigenvalue weighted by molar-refractivity contribution is 5.86. The van der Waals surface area contributed by atoms with E-state index in [0.29, 0.717) is 5.92 Å². The Morgan fingerprint density at radius 2 is 2.31 bits per heavy atom. The Morgan fingerprint density at radius 1 is 1.46 bits per heavy atom. The van der Waals surface area contributed by atoms with Gasteiger partial charge in [-0.25, -0.2) is 0 Å². The van der Waals surface area contributed by atoms with E-state index in [4.69, 9.17) is 5.73 Å². The highest BCUT2D eigenvalue weighted by Crippen LogP contribution is 2.54. The number of hydrogen-bond acceptors (Lipinski definition) is 2. The minimum Gasteiger partial charge on any atom is -0.368 e. The molecule has 2 saturated heterocycles. The van der Waals surface area contributed by atoms with Gasteiger partial charge in [0.05, 0.1) is 0 Å². The van der Waals surface area contributed by atoms with Gasteiger partial charge < -0.3 is 5.73 Å². The van der Waals surface area contributed by atoms with E-state index in [2.05, 4.69) is 4.90 Å². The minimum atomic E-state index is -0.205. The summed E-state index contributed by atoms with van der Waals surface area (Å²) in [4.78, 5) is 13.9. The van der Waals surface area contributed by atoms with E-state index >= 15 is 0 Å². The molecule has 2 N–H and O–H groups in total. The Labute approximate surface area is 78.3 Å². The fourth-order valence-electron chi connectivity index (χ4n) is 3.97. The number of nitrogens with zero attached hydrogens (tertiary/aromatic N) is 1. The molecule has 0 radical (unpaired) electrons. The number of rotatable bonds is 1. The maximum Gasteiger partial charge on any atom is 0.238 e. The molecule has 1 saturated carbocycles. The van der Waals surface area contributed by atoms with E-state index < -0.39 is 0 Å². The van der Waals surface area contributed by atoms with E-state index in [1.165, 1.54) is 19.3 Å². The van der Waals surface area contributed by atoms with Gasteiger partial charge in [-0.1, -0.05) is 6.42 Å². The maximum atomic E-state index is 11.6. The first-order chi connectivity index (χ1) is 6.25. The zero-order valence-corrected chi connectivity index (χ0v) is 7.83. The fourth-order valence-corrected chi connectivity index (χ4v) is 3.97. The average molecular weight is 180 g/mol. The first kappa shape index (κ1) is 7.80. The van der Waals surface area contributed by atoms with Crippen LogP contribution < -0.4 is 5.73 Å². The molecule has 4 unspecified atom stereocenters. The molecule has 2 bridgehead atoms. The van der Waals surface area contributed by atoms with Gasteiger partial charge in [-0.2, -0.15) is 0 Å². The van der Waals surface area contributed by atoms with Crippen molar-refractivity contribution in [3.63, 3.8) is 0 Å². The molecule has 2 aliphatic heterocycles. The van der Waals surface area contributed by atoms with Crippen LogP contribution in [0.3, 0.4) is 0 Å². The summed E-state index contributed by atoms with van der Waals surface area (Å²) in [6, 6.07) is 0. The van der Waals surface area contributed by atoms with Gasteiger partial charge in [0.15, 0.2) is 0 Å². The molecule has 3 heteroatoms. The van der Waals surface area contributed by atoms with Gasteiger partial charge in [-0.3, -0.25) is 9.69 Å². The van der Waals surface area contributed by atoms with Crippen LogP contribution in [0.4, 0.5) is 0 Å². The minimum absolute atomic E-state index is 0.0581. The summed E-state index contributed by atoms with van der Waals surface area (Å²) in [6.45, 7) is 2.23. The molecule has 1 amide bonds. The smallest absolute Gasteiger partial charge is 0.238 e. The zero-order valence-electron chi connectivity index (χ0n) is 7.83. The van der Waals surface area contributed by atoms with Gasteiger partial charge in [0, 0.05) is 6.54 Å². The van der Waals surface area contributed by atoms with Crippen LogP contribution in [0.15, 0.2) is 0 Å². The molecule has 72 valence electrons. The average Bonchev–Trinajstić information content (AvgIpc) is 2.76. The lowest BCUT2D eigenvalue weighted by molar-refractivity contribution is -0.130. The number of fused-ring (bicyclic) bond motifs is 5. The van der Waals surface area contributed by atoms with Crippen LogP contribution in [0.1, 0.15) is 25.7 Å².